The molecule has 21 heavy (non-hydrogen) atoms. The predicted molar refractivity (Wildman–Crippen MR) is 87.9 cm³/mol. The van der Waals surface area contributed by atoms with E-state index in [9.17, 15) is 9.90 Å². The Morgan fingerprint density at radius 1 is 1.62 bits per heavy atom. The molecular weight excluding hydrogens is 284 g/mol. The molecule has 0 saturated carbocycles. The molecule has 0 fully saturated rings. The topological polar surface area (TPSA) is 58.0 Å². The van der Waals surface area contributed by atoms with Crippen LogP contribution >= 0.6 is 12.2 Å². The average Bonchev–Trinajstić information content (AvgIpc) is 2.38. The standard InChI is InChI=1S/C16H20N2O2S/c1-4-5-18-15(20)13(14(19)17-16(18)21)9-12-7-10(2)6-11(3)8-12/h4,6,9-10,20H,1,5,7-8H2,2-3H3,(H,17,19,21). The highest BCUT2D eigenvalue weighted by molar-refractivity contribution is 7.71. The third-order valence-corrected chi connectivity index (χ3v) is 3.85. The van der Waals surface area contributed by atoms with Crippen molar-refractivity contribution in [1.82, 2.24) is 9.55 Å². The van der Waals surface area contributed by atoms with Crippen molar-refractivity contribution in [1.29, 1.82) is 0 Å². The maximum atomic E-state index is 12.1. The van der Waals surface area contributed by atoms with E-state index in [-0.39, 0.29) is 21.8 Å². The highest BCUT2D eigenvalue weighted by Gasteiger charge is 2.15. The molecule has 1 aromatic rings. The number of aromatic hydroxyl groups is 1. The van der Waals surface area contributed by atoms with Gasteiger partial charge in [0, 0.05) is 6.54 Å². The van der Waals surface area contributed by atoms with Crippen LogP contribution in [0.4, 0.5) is 0 Å². The van der Waals surface area contributed by atoms with Crippen molar-refractivity contribution in [2.45, 2.75) is 33.2 Å². The van der Waals surface area contributed by atoms with Crippen LogP contribution in [0.25, 0.3) is 6.08 Å². The molecule has 4 nitrogen and oxygen atoms in total. The molecule has 112 valence electrons. The molecule has 0 aliphatic heterocycles. The first-order valence-corrected chi connectivity index (χ1v) is 7.37. The third-order valence-electron chi connectivity index (χ3n) is 3.53. The summed E-state index contributed by atoms with van der Waals surface area (Å²) in [5.41, 5.74) is 2.34. The molecule has 1 aromatic heterocycles. The van der Waals surface area contributed by atoms with Crippen LogP contribution in [0.1, 0.15) is 32.3 Å². The zero-order chi connectivity index (χ0) is 15.6. The SMILES string of the molecule is C=CCn1c(O)c(C=C2CC(C)=CC(C)C2)c(=O)[nH]c1=S. The summed E-state index contributed by atoms with van der Waals surface area (Å²) >= 11 is 5.06. The van der Waals surface area contributed by atoms with E-state index >= 15 is 0 Å². The summed E-state index contributed by atoms with van der Waals surface area (Å²) in [7, 11) is 0. The molecule has 1 heterocycles. The summed E-state index contributed by atoms with van der Waals surface area (Å²) < 4.78 is 1.66. The van der Waals surface area contributed by atoms with Gasteiger partial charge in [-0.25, -0.2) is 0 Å². The van der Waals surface area contributed by atoms with Crippen molar-refractivity contribution in [3.63, 3.8) is 0 Å². The van der Waals surface area contributed by atoms with Crippen molar-refractivity contribution in [2.75, 3.05) is 0 Å². The van der Waals surface area contributed by atoms with E-state index in [0.717, 1.165) is 18.4 Å². The highest BCUT2D eigenvalue weighted by atomic mass is 32.1. The van der Waals surface area contributed by atoms with Crippen molar-refractivity contribution in [3.8, 4) is 5.88 Å². The van der Waals surface area contributed by atoms with Crippen molar-refractivity contribution in [2.24, 2.45) is 5.92 Å². The summed E-state index contributed by atoms with van der Waals surface area (Å²) in [6, 6.07) is 0. The predicted octanol–water partition coefficient (Wildman–Crippen LogP) is 3.56. The smallest absolute Gasteiger partial charge is 0.262 e. The van der Waals surface area contributed by atoms with Crippen LogP contribution in [0.3, 0.4) is 0 Å². The van der Waals surface area contributed by atoms with Crippen LogP contribution in [-0.2, 0) is 6.54 Å². The molecule has 1 unspecified atom stereocenters. The average molecular weight is 304 g/mol. The van der Waals surface area contributed by atoms with Gasteiger partial charge in [0.25, 0.3) is 5.56 Å². The number of aromatic nitrogens is 2. The van der Waals surface area contributed by atoms with Crippen LogP contribution in [-0.4, -0.2) is 14.7 Å². The normalized spacial score (nSPS) is 20.4. The number of hydrogen-bond acceptors (Lipinski definition) is 3. The minimum Gasteiger partial charge on any atom is -0.494 e. The zero-order valence-corrected chi connectivity index (χ0v) is 13.2. The summed E-state index contributed by atoms with van der Waals surface area (Å²) in [5.74, 6) is 0.348. The van der Waals surface area contributed by atoms with Crippen molar-refractivity contribution in [3.05, 3.63) is 50.6 Å². The van der Waals surface area contributed by atoms with E-state index in [4.69, 9.17) is 12.2 Å². The van der Waals surface area contributed by atoms with E-state index in [0.29, 0.717) is 12.5 Å². The van der Waals surface area contributed by atoms with Crippen LogP contribution in [0.5, 0.6) is 5.88 Å². The molecule has 0 saturated heterocycles. The van der Waals surface area contributed by atoms with Crippen LogP contribution < -0.4 is 5.56 Å². The monoisotopic (exact) mass is 304 g/mol. The molecule has 5 heteroatoms. The summed E-state index contributed by atoms with van der Waals surface area (Å²) in [6.07, 6.45) is 7.38. The Bertz CT molecular complexity index is 738. The maximum Gasteiger partial charge on any atom is 0.262 e. The molecule has 0 bridgehead atoms. The zero-order valence-electron chi connectivity index (χ0n) is 12.3. The number of H-pyrrole nitrogens is 1. The Labute approximate surface area is 129 Å². The van der Waals surface area contributed by atoms with Gasteiger partial charge in [0.1, 0.15) is 0 Å². The second-order valence-electron chi connectivity index (χ2n) is 5.57. The molecule has 0 radical (unpaired) electrons. The molecule has 0 spiro atoms. The van der Waals surface area contributed by atoms with E-state index in [1.165, 1.54) is 10.1 Å². The minimum absolute atomic E-state index is 0.101. The molecule has 2 rings (SSSR count). The fourth-order valence-corrected chi connectivity index (χ4v) is 3.02. The van der Waals surface area contributed by atoms with Crippen LogP contribution in [0, 0.1) is 10.7 Å². The first-order valence-electron chi connectivity index (χ1n) is 6.96. The summed E-state index contributed by atoms with van der Waals surface area (Å²) in [6.45, 7) is 8.21. The number of allylic oxidation sites excluding steroid dienone is 4. The lowest BCUT2D eigenvalue weighted by molar-refractivity contribution is 0.412. The fourth-order valence-electron chi connectivity index (χ4n) is 2.77. The molecule has 1 aliphatic carbocycles. The minimum atomic E-state index is -0.356. The van der Waals surface area contributed by atoms with Gasteiger partial charge in [-0.1, -0.05) is 30.2 Å². The molecule has 1 aliphatic rings. The Hall–Kier alpha value is -1.88. The van der Waals surface area contributed by atoms with Gasteiger partial charge in [-0.05, 0) is 44.0 Å². The van der Waals surface area contributed by atoms with E-state index in [2.05, 4.69) is 31.5 Å². The van der Waals surface area contributed by atoms with Gasteiger partial charge in [-0.3, -0.25) is 14.3 Å². The number of nitrogens with zero attached hydrogens (tertiary/aromatic N) is 1. The van der Waals surface area contributed by atoms with Crippen LogP contribution in [0.15, 0.2) is 34.7 Å². The second-order valence-corrected chi connectivity index (χ2v) is 5.96. The van der Waals surface area contributed by atoms with Crippen molar-refractivity contribution < 1.29 is 5.11 Å². The summed E-state index contributed by atoms with van der Waals surface area (Å²) in [5, 5.41) is 10.3. The van der Waals surface area contributed by atoms with Gasteiger partial charge < -0.3 is 5.11 Å². The Balaban J connectivity index is 2.52. The molecule has 0 aromatic carbocycles. The molecular formula is C16H20N2O2S. The van der Waals surface area contributed by atoms with Gasteiger partial charge in [0.15, 0.2) is 4.77 Å². The lowest BCUT2D eigenvalue weighted by Gasteiger charge is -2.19. The fraction of sp³-hybridized carbons (Fsp3) is 0.375. The molecule has 1 atom stereocenters. The highest BCUT2D eigenvalue weighted by Crippen LogP contribution is 2.29. The second kappa shape index (κ2) is 6.26. The van der Waals surface area contributed by atoms with Gasteiger partial charge in [-0.2, -0.15) is 0 Å². The molecule has 2 N–H and O–H groups in total. The largest absolute Gasteiger partial charge is 0.494 e. The lowest BCUT2D eigenvalue weighted by atomic mass is 9.87. The van der Waals surface area contributed by atoms with Gasteiger partial charge in [0.2, 0.25) is 5.88 Å². The van der Waals surface area contributed by atoms with Crippen molar-refractivity contribution >= 4 is 18.3 Å². The van der Waals surface area contributed by atoms with E-state index < -0.39 is 0 Å². The van der Waals surface area contributed by atoms with Gasteiger partial charge in [-0.15, -0.1) is 6.58 Å². The maximum absolute atomic E-state index is 12.1. The van der Waals surface area contributed by atoms with Gasteiger partial charge >= 0.3 is 0 Å². The quantitative estimate of drug-likeness (QED) is 0.663. The summed E-state index contributed by atoms with van der Waals surface area (Å²) in [4.78, 5) is 14.7. The van der Waals surface area contributed by atoms with Gasteiger partial charge in [0.05, 0.1) is 5.56 Å². The lowest BCUT2D eigenvalue weighted by Crippen LogP contribution is -2.17. The number of nitrogens with one attached hydrogen (secondary N) is 1. The Morgan fingerprint density at radius 3 is 2.95 bits per heavy atom. The number of hydrogen-bond donors (Lipinski definition) is 2. The number of aromatic amines is 1. The Kier molecular flexibility index (Phi) is 4.63. The van der Waals surface area contributed by atoms with E-state index in [1.807, 2.05) is 0 Å². The first kappa shape index (κ1) is 15.5. The molecule has 0 amide bonds. The first-order chi connectivity index (χ1) is 9.92. The third kappa shape index (κ3) is 3.42. The Morgan fingerprint density at radius 2 is 2.33 bits per heavy atom. The number of rotatable bonds is 3. The van der Waals surface area contributed by atoms with E-state index in [1.54, 1.807) is 12.2 Å². The van der Waals surface area contributed by atoms with Crippen LogP contribution in [0.2, 0.25) is 0 Å².